The summed E-state index contributed by atoms with van der Waals surface area (Å²) in [5.41, 5.74) is 6.81. The molecule has 0 spiro atoms. The molecule has 1 rings (SSSR count). The molecule has 1 aromatic carbocycles. The van der Waals surface area contributed by atoms with E-state index in [-0.39, 0.29) is 16.8 Å². The molecule has 0 saturated carbocycles. The summed E-state index contributed by atoms with van der Waals surface area (Å²) in [5, 5.41) is 0. The highest BCUT2D eigenvalue weighted by atomic mass is 32.2. The summed E-state index contributed by atoms with van der Waals surface area (Å²) in [7, 11) is -4.50. The van der Waals surface area contributed by atoms with Gasteiger partial charge in [-0.2, -0.15) is 0 Å². The number of sulfonamides is 1. The Morgan fingerprint density at radius 3 is 2.40 bits per heavy atom. The van der Waals surface area contributed by atoms with Crippen LogP contribution in [0.2, 0.25) is 0 Å². The van der Waals surface area contributed by atoms with Crippen molar-refractivity contribution in [3.05, 3.63) is 35.4 Å². The van der Waals surface area contributed by atoms with Crippen molar-refractivity contribution in [3.63, 3.8) is 0 Å². The lowest BCUT2D eigenvalue weighted by Gasteiger charge is -2.13. The van der Waals surface area contributed by atoms with E-state index in [1.54, 1.807) is 37.4 Å². The van der Waals surface area contributed by atoms with Crippen LogP contribution >= 0.6 is 12.2 Å². The van der Waals surface area contributed by atoms with E-state index in [0.29, 0.717) is 16.9 Å². The van der Waals surface area contributed by atoms with Gasteiger partial charge in [-0.05, 0) is 12.5 Å². The molecule has 5 nitrogen and oxygen atoms in total. The molecule has 0 aliphatic rings. The Labute approximate surface area is 127 Å². The summed E-state index contributed by atoms with van der Waals surface area (Å²) in [5.74, 6) is 0.158. The van der Waals surface area contributed by atoms with Gasteiger partial charge in [0.1, 0.15) is 4.99 Å². The van der Waals surface area contributed by atoms with Gasteiger partial charge in [-0.1, -0.05) is 36.5 Å². The summed E-state index contributed by atoms with van der Waals surface area (Å²) in [4.78, 5) is 0.275. The normalized spacial score (nSPS) is 14.7. The third kappa shape index (κ3) is 6.08. The first-order valence-corrected chi connectivity index (χ1v) is 9.67. The van der Waals surface area contributed by atoms with E-state index in [0.717, 1.165) is 0 Å². The second kappa shape index (κ2) is 7.26. The van der Waals surface area contributed by atoms with E-state index < -0.39 is 20.8 Å². The average Bonchev–Trinajstić information content (AvgIpc) is 2.26. The van der Waals surface area contributed by atoms with Gasteiger partial charge in [-0.15, -0.1) is 0 Å². The molecule has 0 aromatic heterocycles. The number of benzene rings is 1. The summed E-state index contributed by atoms with van der Waals surface area (Å²) >= 11 is 4.83. The molecule has 3 N–H and O–H groups in total. The highest BCUT2D eigenvalue weighted by Crippen LogP contribution is 2.08. The first-order chi connectivity index (χ1) is 9.19. The van der Waals surface area contributed by atoms with Gasteiger partial charge < -0.3 is 5.73 Å². The van der Waals surface area contributed by atoms with Crippen molar-refractivity contribution < 1.29 is 12.6 Å². The van der Waals surface area contributed by atoms with Crippen LogP contribution in [0.3, 0.4) is 0 Å². The van der Waals surface area contributed by atoms with Crippen LogP contribution in [0.1, 0.15) is 18.1 Å². The van der Waals surface area contributed by atoms with Crippen molar-refractivity contribution in [3.8, 4) is 0 Å². The number of nitrogens with one attached hydrogen (secondary N) is 1. The van der Waals surface area contributed by atoms with Crippen LogP contribution in [0.4, 0.5) is 0 Å². The van der Waals surface area contributed by atoms with Crippen LogP contribution in [0.5, 0.6) is 0 Å². The molecule has 0 heterocycles. The number of thiocarbonyl (C=S) groups is 1. The van der Waals surface area contributed by atoms with Crippen molar-refractivity contribution >= 4 is 38.0 Å². The average molecular weight is 334 g/mol. The Balaban J connectivity index is 2.71. The van der Waals surface area contributed by atoms with Crippen molar-refractivity contribution in [2.24, 2.45) is 5.73 Å². The number of nitrogens with two attached hydrogens (primary N) is 1. The van der Waals surface area contributed by atoms with Crippen molar-refractivity contribution in [1.29, 1.82) is 0 Å². The second-order valence-electron chi connectivity index (χ2n) is 4.58. The predicted octanol–water partition coefficient (Wildman–Crippen LogP) is 0.507. The van der Waals surface area contributed by atoms with Crippen LogP contribution in [0, 0.1) is 0 Å². The molecule has 2 unspecified atom stereocenters. The molecule has 0 radical (unpaired) electrons. The summed E-state index contributed by atoms with van der Waals surface area (Å²) in [6, 6.07) is 6.38. The van der Waals surface area contributed by atoms with Gasteiger partial charge in [-0.3, -0.25) is 4.21 Å². The van der Waals surface area contributed by atoms with E-state index >= 15 is 0 Å². The minimum atomic E-state index is -3.46. The number of hydrogen-bond acceptors (Lipinski definition) is 4. The third-order valence-electron chi connectivity index (χ3n) is 2.46. The first kappa shape index (κ1) is 17.2. The Morgan fingerprint density at radius 1 is 1.40 bits per heavy atom. The molecule has 0 aliphatic heterocycles. The minimum absolute atomic E-state index is 0.134. The maximum atomic E-state index is 12.0. The second-order valence-corrected chi connectivity index (χ2v) is 8.25. The van der Waals surface area contributed by atoms with Gasteiger partial charge in [0.25, 0.3) is 0 Å². The molecule has 2 atom stereocenters. The van der Waals surface area contributed by atoms with Crippen molar-refractivity contribution in [2.45, 2.75) is 18.7 Å². The van der Waals surface area contributed by atoms with E-state index in [1.165, 1.54) is 0 Å². The molecule has 0 saturated heterocycles. The highest BCUT2D eigenvalue weighted by Gasteiger charge is 2.16. The molecule has 0 aliphatic carbocycles. The third-order valence-corrected chi connectivity index (χ3v) is 5.14. The van der Waals surface area contributed by atoms with Gasteiger partial charge in [0, 0.05) is 34.4 Å². The zero-order valence-electron chi connectivity index (χ0n) is 11.3. The maximum Gasteiger partial charge on any atom is 0.216 e. The standard InChI is InChI=1S/C12H18N2O3S3/c1-9(7-19(2)15)14-20(16,17)8-10-3-5-11(6-4-10)12(13)18/h3-6,9,14H,7-8H2,1-2H3,(H2,13,18). The van der Waals surface area contributed by atoms with Crippen molar-refractivity contribution in [2.75, 3.05) is 12.0 Å². The van der Waals surface area contributed by atoms with Crippen LogP contribution in [0.15, 0.2) is 24.3 Å². The Kier molecular flexibility index (Phi) is 6.25. The zero-order valence-corrected chi connectivity index (χ0v) is 13.8. The Morgan fingerprint density at radius 2 is 1.95 bits per heavy atom. The first-order valence-electron chi connectivity index (χ1n) is 5.88. The molecule has 1 aromatic rings. The van der Waals surface area contributed by atoms with Crippen LogP contribution in [-0.2, 0) is 26.6 Å². The van der Waals surface area contributed by atoms with Crippen LogP contribution in [0.25, 0.3) is 0 Å². The molecular formula is C12H18N2O3S3. The predicted molar refractivity (Wildman–Crippen MR) is 86.5 cm³/mol. The Hall–Kier alpha value is -0.830. The lowest BCUT2D eigenvalue weighted by atomic mass is 10.1. The molecule has 0 fully saturated rings. The smallest absolute Gasteiger partial charge is 0.216 e. The summed E-state index contributed by atoms with van der Waals surface area (Å²) in [6.07, 6.45) is 1.54. The maximum absolute atomic E-state index is 12.0. The zero-order chi connectivity index (χ0) is 15.3. The van der Waals surface area contributed by atoms with Crippen LogP contribution < -0.4 is 10.5 Å². The lowest BCUT2D eigenvalue weighted by molar-refractivity contribution is 0.569. The lowest BCUT2D eigenvalue weighted by Crippen LogP contribution is -2.36. The van der Waals surface area contributed by atoms with Gasteiger partial charge in [0.15, 0.2) is 0 Å². The quantitative estimate of drug-likeness (QED) is 0.709. The monoisotopic (exact) mass is 334 g/mol. The molecule has 112 valence electrons. The molecule has 0 bridgehead atoms. The highest BCUT2D eigenvalue weighted by molar-refractivity contribution is 7.88. The minimum Gasteiger partial charge on any atom is -0.389 e. The number of rotatable bonds is 7. The van der Waals surface area contributed by atoms with E-state index in [4.69, 9.17) is 18.0 Å². The Bertz CT molecular complexity index is 597. The van der Waals surface area contributed by atoms with Gasteiger partial charge in [0.2, 0.25) is 10.0 Å². The molecule has 8 heteroatoms. The van der Waals surface area contributed by atoms with Crippen LogP contribution in [-0.4, -0.2) is 35.7 Å². The molecular weight excluding hydrogens is 316 g/mol. The van der Waals surface area contributed by atoms with E-state index in [2.05, 4.69) is 4.72 Å². The van der Waals surface area contributed by atoms with Crippen molar-refractivity contribution in [1.82, 2.24) is 4.72 Å². The van der Waals surface area contributed by atoms with E-state index in [9.17, 15) is 12.6 Å². The van der Waals surface area contributed by atoms with Gasteiger partial charge in [0.05, 0.1) is 5.75 Å². The molecule has 20 heavy (non-hydrogen) atoms. The van der Waals surface area contributed by atoms with E-state index in [1.807, 2.05) is 0 Å². The summed E-state index contributed by atoms with van der Waals surface area (Å²) < 4.78 is 37.5. The largest absolute Gasteiger partial charge is 0.389 e. The van der Waals surface area contributed by atoms with Gasteiger partial charge >= 0.3 is 0 Å². The van der Waals surface area contributed by atoms with Gasteiger partial charge in [-0.25, -0.2) is 13.1 Å². The fraction of sp³-hybridized carbons (Fsp3) is 0.417. The fourth-order valence-electron chi connectivity index (χ4n) is 1.72. The topological polar surface area (TPSA) is 89.3 Å². The summed E-state index contributed by atoms with van der Waals surface area (Å²) in [6.45, 7) is 1.69. The SMILES string of the molecule is CC(CS(C)=O)NS(=O)(=O)Cc1ccc(C(N)=S)cc1. The fourth-order valence-corrected chi connectivity index (χ4v) is 4.16. The number of hydrogen-bond donors (Lipinski definition) is 2. The molecule has 0 amide bonds.